The highest BCUT2D eigenvalue weighted by molar-refractivity contribution is 5.96. The standard InChI is InChI=1S/C19H24N4O/c1-3-9-21-17-6-5-15(14-20)13-18(17)22-19(24)16-7-11-23(10-4-2)12-8-16/h2,5-6,13,16,21H,3,7-12H2,1H3,(H,22,24). The van der Waals surface area contributed by atoms with E-state index in [4.69, 9.17) is 11.7 Å². The number of anilines is 2. The zero-order valence-corrected chi connectivity index (χ0v) is 14.1. The number of carbonyl (C=O) groups excluding carboxylic acids is 1. The van der Waals surface area contributed by atoms with Gasteiger partial charge in [0.2, 0.25) is 5.91 Å². The highest BCUT2D eigenvalue weighted by Gasteiger charge is 2.25. The van der Waals surface area contributed by atoms with Crippen molar-refractivity contribution in [3.05, 3.63) is 23.8 Å². The first-order valence-electron chi connectivity index (χ1n) is 8.42. The molecule has 0 aliphatic carbocycles. The minimum atomic E-state index is -0.0104. The summed E-state index contributed by atoms with van der Waals surface area (Å²) >= 11 is 0. The van der Waals surface area contributed by atoms with Gasteiger partial charge < -0.3 is 10.6 Å². The smallest absolute Gasteiger partial charge is 0.227 e. The summed E-state index contributed by atoms with van der Waals surface area (Å²) in [5, 5.41) is 15.4. The molecule has 0 aromatic heterocycles. The first-order chi connectivity index (χ1) is 11.7. The third-order valence-corrected chi connectivity index (χ3v) is 4.25. The summed E-state index contributed by atoms with van der Waals surface area (Å²) in [4.78, 5) is 14.8. The molecule has 1 fully saturated rings. The largest absolute Gasteiger partial charge is 0.383 e. The fourth-order valence-corrected chi connectivity index (χ4v) is 2.85. The Hall–Kier alpha value is -2.50. The van der Waals surface area contributed by atoms with E-state index in [1.807, 2.05) is 6.07 Å². The van der Waals surface area contributed by atoms with Gasteiger partial charge >= 0.3 is 0 Å². The number of piperidine rings is 1. The summed E-state index contributed by atoms with van der Waals surface area (Å²) < 4.78 is 0. The maximum Gasteiger partial charge on any atom is 0.227 e. The zero-order chi connectivity index (χ0) is 17.4. The summed E-state index contributed by atoms with van der Waals surface area (Å²) in [6, 6.07) is 7.45. The van der Waals surface area contributed by atoms with Crippen molar-refractivity contribution in [3.63, 3.8) is 0 Å². The summed E-state index contributed by atoms with van der Waals surface area (Å²) in [5.74, 6) is 2.66. The third-order valence-electron chi connectivity index (χ3n) is 4.25. The second kappa shape index (κ2) is 8.96. The number of hydrogen-bond donors (Lipinski definition) is 2. The molecule has 1 aromatic carbocycles. The molecule has 5 heteroatoms. The zero-order valence-electron chi connectivity index (χ0n) is 14.1. The number of carbonyl (C=O) groups is 1. The molecular formula is C19H24N4O. The summed E-state index contributed by atoms with van der Waals surface area (Å²) in [5.41, 5.74) is 2.07. The van der Waals surface area contributed by atoms with Crippen LogP contribution in [0.5, 0.6) is 0 Å². The molecule has 0 unspecified atom stereocenters. The van der Waals surface area contributed by atoms with Gasteiger partial charge in [0.15, 0.2) is 0 Å². The number of hydrogen-bond acceptors (Lipinski definition) is 4. The molecule has 1 aromatic rings. The number of nitriles is 1. The second-order valence-corrected chi connectivity index (χ2v) is 6.04. The van der Waals surface area contributed by atoms with E-state index in [-0.39, 0.29) is 11.8 Å². The van der Waals surface area contributed by atoms with Crippen molar-refractivity contribution >= 4 is 17.3 Å². The molecule has 0 bridgehead atoms. The predicted molar refractivity (Wildman–Crippen MR) is 96.6 cm³/mol. The van der Waals surface area contributed by atoms with Crippen LogP contribution in [0.15, 0.2) is 18.2 Å². The van der Waals surface area contributed by atoms with E-state index < -0.39 is 0 Å². The van der Waals surface area contributed by atoms with Crippen molar-refractivity contribution in [1.82, 2.24) is 4.90 Å². The Morgan fingerprint density at radius 3 is 2.75 bits per heavy atom. The number of terminal acetylenes is 1. The second-order valence-electron chi connectivity index (χ2n) is 6.04. The van der Waals surface area contributed by atoms with Crippen LogP contribution in [0.25, 0.3) is 0 Å². The minimum Gasteiger partial charge on any atom is -0.383 e. The summed E-state index contributed by atoms with van der Waals surface area (Å²) in [6.45, 7) is 5.24. The van der Waals surface area contributed by atoms with Crippen LogP contribution in [-0.2, 0) is 4.79 Å². The maximum atomic E-state index is 12.6. The number of benzene rings is 1. The summed E-state index contributed by atoms with van der Waals surface area (Å²) in [6.07, 6.45) is 7.94. The average Bonchev–Trinajstić information content (AvgIpc) is 2.61. The quantitative estimate of drug-likeness (QED) is 0.790. The molecule has 0 atom stereocenters. The Kier molecular flexibility index (Phi) is 6.66. The molecule has 1 aliphatic rings. The molecule has 1 saturated heterocycles. The monoisotopic (exact) mass is 324 g/mol. The van der Waals surface area contributed by atoms with E-state index >= 15 is 0 Å². The maximum absolute atomic E-state index is 12.6. The van der Waals surface area contributed by atoms with Crippen LogP contribution < -0.4 is 10.6 Å². The van der Waals surface area contributed by atoms with Crippen LogP contribution in [0.3, 0.4) is 0 Å². The van der Waals surface area contributed by atoms with E-state index in [9.17, 15) is 4.79 Å². The fraction of sp³-hybridized carbons (Fsp3) is 0.474. The molecule has 2 N–H and O–H groups in total. The van der Waals surface area contributed by atoms with Gasteiger partial charge in [0.25, 0.3) is 0 Å². The van der Waals surface area contributed by atoms with Crippen molar-refractivity contribution in [3.8, 4) is 18.4 Å². The number of nitrogens with zero attached hydrogens (tertiary/aromatic N) is 2. The van der Waals surface area contributed by atoms with E-state index in [0.717, 1.165) is 44.6 Å². The lowest BCUT2D eigenvalue weighted by Crippen LogP contribution is -2.38. The highest BCUT2D eigenvalue weighted by atomic mass is 16.1. The van der Waals surface area contributed by atoms with Crippen LogP contribution in [0.4, 0.5) is 11.4 Å². The molecule has 1 aliphatic heterocycles. The Bertz CT molecular complexity index is 648. The molecule has 0 radical (unpaired) electrons. The lowest BCUT2D eigenvalue weighted by Gasteiger charge is -2.30. The Balaban J connectivity index is 2.03. The minimum absolute atomic E-state index is 0.0104. The summed E-state index contributed by atoms with van der Waals surface area (Å²) in [7, 11) is 0. The van der Waals surface area contributed by atoms with Crippen molar-refractivity contribution in [1.29, 1.82) is 5.26 Å². The van der Waals surface area contributed by atoms with Crippen molar-refractivity contribution in [2.75, 3.05) is 36.8 Å². The molecule has 0 saturated carbocycles. The van der Waals surface area contributed by atoms with E-state index in [0.29, 0.717) is 17.8 Å². The average molecular weight is 324 g/mol. The van der Waals surface area contributed by atoms with Crippen molar-refractivity contribution < 1.29 is 4.79 Å². The predicted octanol–water partition coefficient (Wildman–Crippen LogP) is 2.66. The SMILES string of the molecule is C#CCN1CCC(C(=O)Nc2cc(C#N)ccc2NCCC)CC1. The molecule has 126 valence electrons. The molecule has 24 heavy (non-hydrogen) atoms. The first-order valence-corrected chi connectivity index (χ1v) is 8.42. The van der Waals surface area contributed by atoms with E-state index in [1.54, 1.807) is 12.1 Å². The van der Waals surface area contributed by atoms with Crippen LogP contribution >= 0.6 is 0 Å². The normalized spacial score (nSPS) is 15.3. The Morgan fingerprint density at radius 2 is 2.12 bits per heavy atom. The van der Waals surface area contributed by atoms with E-state index in [2.05, 4.69) is 34.4 Å². The van der Waals surface area contributed by atoms with Crippen molar-refractivity contribution in [2.45, 2.75) is 26.2 Å². The van der Waals surface area contributed by atoms with Crippen molar-refractivity contribution in [2.24, 2.45) is 5.92 Å². The van der Waals surface area contributed by atoms with Gasteiger partial charge in [-0.25, -0.2) is 0 Å². The number of amides is 1. The Morgan fingerprint density at radius 1 is 1.38 bits per heavy atom. The topological polar surface area (TPSA) is 68.2 Å². The molecule has 1 heterocycles. The van der Waals surface area contributed by atoms with Gasteiger partial charge in [-0.1, -0.05) is 12.8 Å². The molecular weight excluding hydrogens is 300 g/mol. The van der Waals surface area contributed by atoms with E-state index in [1.165, 1.54) is 0 Å². The number of rotatable bonds is 6. The molecule has 1 amide bonds. The number of nitrogens with one attached hydrogen (secondary N) is 2. The third kappa shape index (κ3) is 4.75. The lowest BCUT2D eigenvalue weighted by atomic mass is 9.95. The van der Waals surface area contributed by atoms with Crippen LogP contribution in [-0.4, -0.2) is 37.0 Å². The highest BCUT2D eigenvalue weighted by Crippen LogP contribution is 2.26. The van der Waals surface area contributed by atoms with Gasteiger partial charge in [-0.15, -0.1) is 6.42 Å². The number of likely N-dealkylation sites (tertiary alicyclic amines) is 1. The van der Waals surface area contributed by atoms with Crippen LogP contribution in [0, 0.1) is 29.6 Å². The van der Waals surface area contributed by atoms with Gasteiger partial charge in [-0.2, -0.15) is 5.26 Å². The molecule has 2 rings (SSSR count). The molecule has 0 spiro atoms. The van der Waals surface area contributed by atoms with Gasteiger partial charge in [-0.05, 0) is 50.6 Å². The van der Waals surface area contributed by atoms with Gasteiger partial charge in [0, 0.05) is 12.5 Å². The van der Waals surface area contributed by atoms with Gasteiger partial charge in [0.05, 0.1) is 29.6 Å². The van der Waals surface area contributed by atoms with Crippen LogP contribution in [0.2, 0.25) is 0 Å². The van der Waals surface area contributed by atoms with Gasteiger partial charge in [0.1, 0.15) is 0 Å². The Labute approximate surface area is 144 Å². The lowest BCUT2D eigenvalue weighted by molar-refractivity contribution is -0.121. The first kappa shape index (κ1) is 17.8. The van der Waals surface area contributed by atoms with Crippen LogP contribution in [0.1, 0.15) is 31.7 Å². The van der Waals surface area contributed by atoms with Gasteiger partial charge in [-0.3, -0.25) is 9.69 Å². The molecule has 5 nitrogen and oxygen atoms in total. The fourth-order valence-electron chi connectivity index (χ4n) is 2.85.